The minimum absolute atomic E-state index is 0.0543. The van der Waals surface area contributed by atoms with Gasteiger partial charge in [-0.15, -0.1) is 11.8 Å². The SMILES string of the molecule is Cc1c(Br)c(/C=N\NC(=O)CSCc2ccc([N+](=O)[O-])cc2)c(C)n1-c1ccccc1. The van der Waals surface area contributed by atoms with E-state index in [2.05, 4.69) is 31.0 Å². The van der Waals surface area contributed by atoms with Crippen molar-refractivity contribution in [2.45, 2.75) is 19.6 Å². The maximum absolute atomic E-state index is 12.1. The van der Waals surface area contributed by atoms with Crippen molar-refractivity contribution in [1.82, 2.24) is 9.99 Å². The summed E-state index contributed by atoms with van der Waals surface area (Å²) in [6, 6.07) is 16.4. The molecule has 160 valence electrons. The largest absolute Gasteiger partial charge is 0.317 e. The van der Waals surface area contributed by atoms with Crippen LogP contribution >= 0.6 is 27.7 Å². The Labute approximate surface area is 192 Å². The first-order valence-corrected chi connectivity index (χ1v) is 11.4. The minimum atomic E-state index is -0.433. The van der Waals surface area contributed by atoms with Crippen molar-refractivity contribution in [3.05, 3.63) is 91.7 Å². The average Bonchev–Trinajstić information content (AvgIpc) is 2.97. The molecule has 0 bridgehead atoms. The molecule has 0 atom stereocenters. The van der Waals surface area contributed by atoms with Crippen LogP contribution in [0.1, 0.15) is 22.5 Å². The fourth-order valence-electron chi connectivity index (χ4n) is 3.11. The summed E-state index contributed by atoms with van der Waals surface area (Å²) >= 11 is 5.04. The van der Waals surface area contributed by atoms with E-state index in [0.29, 0.717) is 5.75 Å². The van der Waals surface area contributed by atoms with Crippen molar-refractivity contribution < 1.29 is 9.72 Å². The number of amides is 1. The normalized spacial score (nSPS) is 11.1. The van der Waals surface area contributed by atoms with E-state index in [9.17, 15) is 14.9 Å². The van der Waals surface area contributed by atoms with Gasteiger partial charge in [0, 0.05) is 45.0 Å². The number of halogens is 1. The van der Waals surface area contributed by atoms with Crippen LogP contribution in [0, 0.1) is 24.0 Å². The Bertz CT molecular complexity index is 1110. The van der Waals surface area contributed by atoms with Crippen LogP contribution in [0.3, 0.4) is 0 Å². The smallest absolute Gasteiger partial charge is 0.269 e. The number of nitro benzene ring substituents is 1. The number of carbonyl (C=O) groups is 1. The van der Waals surface area contributed by atoms with Crippen LogP contribution < -0.4 is 5.43 Å². The molecule has 0 fully saturated rings. The summed E-state index contributed by atoms with van der Waals surface area (Å²) in [5, 5.41) is 14.8. The fraction of sp³-hybridized carbons (Fsp3) is 0.182. The zero-order valence-corrected chi connectivity index (χ0v) is 19.4. The number of rotatable bonds is 8. The molecule has 0 spiro atoms. The highest BCUT2D eigenvalue weighted by Crippen LogP contribution is 2.29. The van der Waals surface area contributed by atoms with Gasteiger partial charge in [-0.05, 0) is 47.5 Å². The number of hydrogen-bond acceptors (Lipinski definition) is 5. The number of non-ortho nitro benzene ring substituents is 1. The van der Waals surface area contributed by atoms with Crippen molar-refractivity contribution in [2.24, 2.45) is 5.10 Å². The van der Waals surface area contributed by atoms with Gasteiger partial charge in [0.1, 0.15) is 0 Å². The Balaban J connectivity index is 1.56. The van der Waals surface area contributed by atoms with Gasteiger partial charge in [0.05, 0.1) is 16.9 Å². The lowest BCUT2D eigenvalue weighted by atomic mass is 10.2. The van der Waals surface area contributed by atoms with Gasteiger partial charge < -0.3 is 4.57 Å². The molecule has 7 nitrogen and oxygen atoms in total. The predicted molar refractivity (Wildman–Crippen MR) is 128 cm³/mol. The van der Waals surface area contributed by atoms with Crippen molar-refractivity contribution in [2.75, 3.05) is 5.75 Å². The standard InChI is InChI=1S/C22H21BrN4O3S/c1-15-20(22(23)16(2)26(15)18-6-4-3-5-7-18)12-24-25-21(28)14-31-13-17-8-10-19(11-9-17)27(29)30/h3-12H,13-14H2,1-2H3,(H,25,28)/b24-12-. The van der Waals surface area contributed by atoms with Gasteiger partial charge in [0.15, 0.2) is 0 Å². The highest BCUT2D eigenvalue weighted by Gasteiger charge is 2.15. The van der Waals surface area contributed by atoms with Gasteiger partial charge in [0.2, 0.25) is 5.91 Å². The highest BCUT2D eigenvalue weighted by atomic mass is 79.9. The van der Waals surface area contributed by atoms with Gasteiger partial charge in [-0.25, -0.2) is 5.43 Å². The third-order valence-corrected chi connectivity index (χ3v) is 6.67. The maximum atomic E-state index is 12.1. The molecule has 3 rings (SSSR count). The van der Waals surface area contributed by atoms with E-state index in [-0.39, 0.29) is 17.3 Å². The van der Waals surface area contributed by atoms with E-state index >= 15 is 0 Å². The Morgan fingerprint density at radius 3 is 2.48 bits per heavy atom. The molecule has 1 N–H and O–H groups in total. The molecule has 1 aromatic heterocycles. The summed E-state index contributed by atoms with van der Waals surface area (Å²) in [6.07, 6.45) is 1.64. The third kappa shape index (κ3) is 5.62. The number of nitro groups is 1. The van der Waals surface area contributed by atoms with E-state index in [0.717, 1.165) is 32.7 Å². The monoisotopic (exact) mass is 500 g/mol. The molecule has 0 saturated carbocycles. The van der Waals surface area contributed by atoms with Crippen molar-refractivity contribution >= 4 is 45.5 Å². The summed E-state index contributed by atoms with van der Waals surface area (Å²) in [4.78, 5) is 22.3. The van der Waals surface area contributed by atoms with E-state index in [1.165, 1.54) is 23.9 Å². The number of hydrogen-bond donors (Lipinski definition) is 1. The van der Waals surface area contributed by atoms with Crippen molar-refractivity contribution in [3.63, 3.8) is 0 Å². The molecule has 0 saturated heterocycles. The molecule has 2 aromatic carbocycles. The van der Waals surface area contributed by atoms with Crippen LogP contribution in [0.5, 0.6) is 0 Å². The average molecular weight is 501 g/mol. The Morgan fingerprint density at radius 2 is 1.84 bits per heavy atom. The summed E-state index contributed by atoms with van der Waals surface area (Å²) < 4.78 is 3.06. The zero-order chi connectivity index (χ0) is 22.4. The van der Waals surface area contributed by atoms with Crippen LogP contribution in [-0.2, 0) is 10.5 Å². The molecule has 1 heterocycles. The lowest BCUT2D eigenvalue weighted by Gasteiger charge is -2.08. The highest BCUT2D eigenvalue weighted by molar-refractivity contribution is 9.10. The number of nitrogens with zero attached hydrogens (tertiary/aromatic N) is 3. The van der Waals surface area contributed by atoms with Crippen molar-refractivity contribution in [1.29, 1.82) is 0 Å². The quantitative estimate of drug-likeness (QED) is 0.263. The van der Waals surface area contributed by atoms with Crippen LogP contribution in [0.25, 0.3) is 5.69 Å². The molecule has 0 aliphatic heterocycles. The molecule has 31 heavy (non-hydrogen) atoms. The van der Waals surface area contributed by atoms with Crippen LogP contribution in [0.15, 0.2) is 64.2 Å². The molecule has 1 amide bonds. The number of aromatic nitrogens is 1. The second-order valence-corrected chi connectivity index (χ2v) is 8.56. The fourth-order valence-corrected chi connectivity index (χ4v) is 4.46. The number of carbonyl (C=O) groups excluding carboxylic acids is 1. The number of thioether (sulfide) groups is 1. The van der Waals surface area contributed by atoms with Gasteiger partial charge in [0.25, 0.3) is 5.69 Å². The third-order valence-electron chi connectivity index (χ3n) is 4.66. The molecular formula is C22H21BrN4O3S. The first-order valence-electron chi connectivity index (χ1n) is 9.44. The number of para-hydroxylation sites is 1. The molecule has 0 radical (unpaired) electrons. The summed E-state index contributed by atoms with van der Waals surface area (Å²) in [5.41, 5.74) is 7.56. The van der Waals surface area contributed by atoms with Gasteiger partial charge >= 0.3 is 0 Å². The predicted octanol–water partition coefficient (Wildman–Crippen LogP) is 5.15. The summed E-state index contributed by atoms with van der Waals surface area (Å²) in [6.45, 7) is 4.03. The first-order chi connectivity index (χ1) is 14.9. The molecular weight excluding hydrogens is 480 g/mol. The van der Waals surface area contributed by atoms with Gasteiger partial charge in [-0.1, -0.05) is 30.3 Å². The first kappa shape index (κ1) is 22.8. The Morgan fingerprint density at radius 1 is 1.16 bits per heavy atom. The van der Waals surface area contributed by atoms with Gasteiger partial charge in [-0.2, -0.15) is 5.10 Å². The lowest BCUT2D eigenvalue weighted by Crippen LogP contribution is -2.19. The number of nitrogens with one attached hydrogen (secondary N) is 1. The zero-order valence-electron chi connectivity index (χ0n) is 17.0. The Hall–Kier alpha value is -2.91. The van der Waals surface area contributed by atoms with Crippen LogP contribution in [-0.4, -0.2) is 27.4 Å². The second kappa shape index (κ2) is 10.4. The molecule has 0 aliphatic carbocycles. The van der Waals surface area contributed by atoms with E-state index in [1.807, 2.05) is 44.2 Å². The molecule has 3 aromatic rings. The maximum Gasteiger partial charge on any atom is 0.269 e. The number of hydrazone groups is 1. The van der Waals surface area contributed by atoms with E-state index in [1.54, 1.807) is 18.3 Å². The second-order valence-electron chi connectivity index (χ2n) is 6.78. The summed E-state index contributed by atoms with van der Waals surface area (Å²) in [5.74, 6) is 0.605. The van der Waals surface area contributed by atoms with E-state index < -0.39 is 4.92 Å². The van der Waals surface area contributed by atoms with Crippen molar-refractivity contribution in [3.8, 4) is 5.69 Å². The topological polar surface area (TPSA) is 89.5 Å². The van der Waals surface area contributed by atoms with E-state index in [4.69, 9.17) is 0 Å². The van der Waals surface area contributed by atoms with Crippen LogP contribution in [0.4, 0.5) is 5.69 Å². The summed E-state index contributed by atoms with van der Waals surface area (Å²) in [7, 11) is 0. The minimum Gasteiger partial charge on any atom is -0.317 e. The number of benzene rings is 2. The lowest BCUT2D eigenvalue weighted by molar-refractivity contribution is -0.384. The van der Waals surface area contributed by atoms with Gasteiger partial charge in [-0.3, -0.25) is 14.9 Å². The molecule has 0 aliphatic rings. The Kier molecular flexibility index (Phi) is 7.64. The molecule has 9 heteroatoms. The molecule has 0 unspecified atom stereocenters. The van der Waals surface area contributed by atoms with Crippen LogP contribution in [0.2, 0.25) is 0 Å².